The van der Waals surface area contributed by atoms with Gasteiger partial charge in [0, 0.05) is 18.6 Å². The Morgan fingerprint density at radius 3 is 2.05 bits per heavy atom. The highest BCUT2D eigenvalue weighted by Gasteiger charge is 2.22. The number of rotatable bonds is 7. The van der Waals surface area contributed by atoms with E-state index in [0.717, 1.165) is 19.3 Å². The van der Waals surface area contributed by atoms with Crippen molar-refractivity contribution in [3.8, 4) is 0 Å². The van der Waals surface area contributed by atoms with Crippen LogP contribution in [0.25, 0.3) is 0 Å². The van der Waals surface area contributed by atoms with Crippen LogP contribution in [0.2, 0.25) is 0 Å². The summed E-state index contributed by atoms with van der Waals surface area (Å²) in [4.78, 5) is 42.2. The Balaban J connectivity index is 0.000000518. The summed E-state index contributed by atoms with van der Waals surface area (Å²) in [7, 11) is 0. The van der Waals surface area contributed by atoms with E-state index in [2.05, 4.69) is 12.2 Å². The molecule has 7 heteroatoms. The standard InChI is InChI=1S/C11H21NO3.C4H3NO2/c1-4-5-6-7-9(13)12-10(8(2)3)11(14)15;6-3-1-2-4(7)5-3/h8,10H,4-7H2,1-3H3,(H,12,13)(H,14,15);1-2H,(H,5,6,7)/t10-;/m0./s1. The number of nitrogens with one attached hydrogen (secondary N) is 2. The monoisotopic (exact) mass is 312 g/mol. The molecule has 0 unspecified atom stereocenters. The van der Waals surface area contributed by atoms with E-state index in [9.17, 15) is 19.2 Å². The number of amides is 3. The van der Waals surface area contributed by atoms with Crippen molar-refractivity contribution >= 4 is 23.7 Å². The highest BCUT2D eigenvalue weighted by atomic mass is 16.4. The second-order valence-electron chi connectivity index (χ2n) is 5.27. The van der Waals surface area contributed by atoms with Crippen molar-refractivity contribution in [2.75, 3.05) is 0 Å². The van der Waals surface area contributed by atoms with Crippen LogP contribution in [0.5, 0.6) is 0 Å². The summed E-state index contributed by atoms with van der Waals surface area (Å²) in [5, 5.41) is 13.4. The number of carboxylic acids is 1. The highest BCUT2D eigenvalue weighted by molar-refractivity contribution is 6.12. The molecule has 1 heterocycles. The van der Waals surface area contributed by atoms with Crippen LogP contribution in [0.15, 0.2) is 12.2 Å². The maximum absolute atomic E-state index is 11.4. The van der Waals surface area contributed by atoms with Crippen molar-refractivity contribution in [1.29, 1.82) is 0 Å². The van der Waals surface area contributed by atoms with Gasteiger partial charge in [0.15, 0.2) is 0 Å². The fourth-order valence-corrected chi connectivity index (χ4v) is 1.65. The smallest absolute Gasteiger partial charge is 0.326 e. The molecule has 0 fully saturated rings. The first-order valence-corrected chi connectivity index (χ1v) is 7.33. The Kier molecular flexibility index (Phi) is 9.49. The van der Waals surface area contributed by atoms with E-state index in [1.54, 1.807) is 13.8 Å². The molecule has 0 saturated heterocycles. The minimum atomic E-state index is -0.964. The molecular weight excluding hydrogens is 288 g/mol. The molecule has 1 aliphatic heterocycles. The van der Waals surface area contributed by atoms with E-state index in [1.165, 1.54) is 12.2 Å². The number of carbonyl (C=O) groups is 4. The van der Waals surface area contributed by atoms with Crippen LogP contribution < -0.4 is 10.6 Å². The molecule has 3 N–H and O–H groups in total. The van der Waals surface area contributed by atoms with Crippen LogP contribution in [0, 0.1) is 5.92 Å². The van der Waals surface area contributed by atoms with Gasteiger partial charge in [-0.25, -0.2) is 4.79 Å². The largest absolute Gasteiger partial charge is 0.480 e. The zero-order chi connectivity index (χ0) is 17.1. The Hall–Kier alpha value is -2.18. The van der Waals surface area contributed by atoms with Gasteiger partial charge in [-0.3, -0.25) is 19.7 Å². The Bertz CT molecular complexity index is 427. The van der Waals surface area contributed by atoms with E-state index in [0.29, 0.717) is 6.42 Å². The third-order valence-electron chi connectivity index (χ3n) is 2.89. The van der Waals surface area contributed by atoms with Gasteiger partial charge < -0.3 is 10.4 Å². The van der Waals surface area contributed by atoms with Crippen LogP contribution >= 0.6 is 0 Å². The number of imide groups is 1. The molecule has 22 heavy (non-hydrogen) atoms. The lowest BCUT2D eigenvalue weighted by Gasteiger charge is -2.17. The van der Waals surface area contributed by atoms with Gasteiger partial charge in [-0.15, -0.1) is 0 Å². The van der Waals surface area contributed by atoms with E-state index in [-0.39, 0.29) is 23.6 Å². The molecule has 0 aromatic rings. The number of carboxylic acid groups (broad SMARTS) is 1. The summed E-state index contributed by atoms with van der Waals surface area (Å²) >= 11 is 0. The van der Waals surface area contributed by atoms with Crippen LogP contribution in [0.3, 0.4) is 0 Å². The molecule has 1 aliphatic rings. The summed E-state index contributed by atoms with van der Waals surface area (Å²) in [6.07, 6.45) is 5.70. The molecule has 0 bridgehead atoms. The lowest BCUT2D eigenvalue weighted by atomic mass is 10.0. The van der Waals surface area contributed by atoms with Gasteiger partial charge in [0.05, 0.1) is 0 Å². The van der Waals surface area contributed by atoms with Gasteiger partial charge in [-0.2, -0.15) is 0 Å². The van der Waals surface area contributed by atoms with Crippen molar-refractivity contribution < 1.29 is 24.3 Å². The first-order chi connectivity index (χ1) is 10.3. The first kappa shape index (κ1) is 19.8. The fraction of sp³-hybridized carbons (Fsp3) is 0.600. The quantitative estimate of drug-likeness (QED) is 0.479. The summed E-state index contributed by atoms with van der Waals surface area (Å²) < 4.78 is 0. The third-order valence-corrected chi connectivity index (χ3v) is 2.89. The Morgan fingerprint density at radius 1 is 1.18 bits per heavy atom. The highest BCUT2D eigenvalue weighted by Crippen LogP contribution is 2.04. The molecular formula is C15H24N2O5. The minimum absolute atomic E-state index is 0.0855. The molecule has 3 amide bonds. The Labute approximate surface area is 130 Å². The second kappa shape index (κ2) is 10.5. The number of aliphatic carboxylic acids is 1. The van der Waals surface area contributed by atoms with Gasteiger partial charge >= 0.3 is 5.97 Å². The van der Waals surface area contributed by atoms with E-state index >= 15 is 0 Å². The van der Waals surface area contributed by atoms with Gasteiger partial charge in [0.25, 0.3) is 11.8 Å². The zero-order valence-corrected chi connectivity index (χ0v) is 13.2. The third kappa shape index (κ3) is 8.89. The second-order valence-corrected chi connectivity index (χ2v) is 5.27. The molecule has 124 valence electrons. The van der Waals surface area contributed by atoms with Gasteiger partial charge in [-0.05, 0) is 12.3 Å². The molecule has 1 rings (SSSR count). The number of unbranched alkanes of at least 4 members (excludes halogenated alkanes) is 2. The molecule has 0 aromatic heterocycles. The van der Waals surface area contributed by atoms with E-state index in [1.807, 2.05) is 5.32 Å². The first-order valence-electron chi connectivity index (χ1n) is 7.33. The number of hydrogen-bond donors (Lipinski definition) is 3. The van der Waals surface area contributed by atoms with Crippen LogP contribution in [-0.4, -0.2) is 34.8 Å². The normalized spacial score (nSPS) is 14.2. The number of carbonyl (C=O) groups excluding carboxylic acids is 3. The van der Waals surface area contributed by atoms with Crippen molar-refractivity contribution in [2.45, 2.75) is 52.5 Å². The van der Waals surface area contributed by atoms with Crippen LogP contribution in [0.1, 0.15) is 46.5 Å². The average molecular weight is 312 g/mol. The lowest BCUT2D eigenvalue weighted by Crippen LogP contribution is -2.44. The van der Waals surface area contributed by atoms with E-state index in [4.69, 9.17) is 5.11 Å². The molecule has 0 aliphatic carbocycles. The summed E-state index contributed by atoms with van der Waals surface area (Å²) in [5.74, 6) is -1.87. The van der Waals surface area contributed by atoms with Gasteiger partial charge in [0.1, 0.15) is 6.04 Å². The predicted octanol–water partition coefficient (Wildman–Crippen LogP) is 0.991. The topological polar surface area (TPSA) is 113 Å². The SMILES string of the molecule is CCCCCC(=O)N[C@H](C(=O)O)C(C)C.O=C1C=CC(=O)N1. The maximum Gasteiger partial charge on any atom is 0.326 e. The lowest BCUT2D eigenvalue weighted by molar-refractivity contribution is -0.143. The molecule has 0 radical (unpaired) electrons. The summed E-state index contributed by atoms with van der Waals surface area (Å²) in [6.45, 7) is 5.63. The summed E-state index contributed by atoms with van der Waals surface area (Å²) in [5.41, 5.74) is 0. The van der Waals surface area contributed by atoms with Crippen LogP contribution in [0.4, 0.5) is 0 Å². The van der Waals surface area contributed by atoms with E-state index < -0.39 is 12.0 Å². The van der Waals surface area contributed by atoms with Gasteiger partial charge in [-0.1, -0.05) is 33.6 Å². The van der Waals surface area contributed by atoms with Crippen LogP contribution in [-0.2, 0) is 19.2 Å². The fourth-order valence-electron chi connectivity index (χ4n) is 1.65. The molecule has 0 spiro atoms. The Morgan fingerprint density at radius 2 is 1.73 bits per heavy atom. The van der Waals surface area contributed by atoms with Gasteiger partial charge in [0.2, 0.25) is 5.91 Å². The van der Waals surface area contributed by atoms with Crippen molar-refractivity contribution in [3.05, 3.63) is 12.2 Å². The molecule has 0 aromatic carbocycles. The summed E-state index contributed by atoms with van der Waals surface area (Å²) in [6, 6.07) is -0.765. The molecule has 7 nitrogen and oxygen atoms in total. The van der Waals surface area contributed by atoms with Crippen molar-refractivity contribution in [3.63, 3.8) is 0 Å². The predicted molar refractivity (Wildman–Crippen MR) is 80.8 cm³/mol. The average Bonchev–Trinajstić information content (AvgIpc) is 2.80. The molecule has 1 atom stereocenters. The van der Waals surface area contributed by atoms with Crippen molar-refractivity contribution in [1.82, 2.24) is 10.6 Å². The number of hydrogen-bond acceptors (Lipinski definition) is 4. The van der Waals surface area contributed by atoms with Crippen molar-refractivity contribution in [2.24, 2.45) is 5.92 Å². The maximum atomic E-state index is 11.4. The zero-order valence-electron chi connectivity index (χ0n) is 13.2. The minimum Gasteiger partial charge on any atom is -0.480 e. The molecule has 0 saturated carbocycles.